The smallest absolute Gasteiger partial charge is 0.419 e. The number of rotatable bonds is 4. The van der Waals surface area contributed by atoms with Crippen LogP contribution in [0.2, 0.25) is 0 Å². The molecule has 130 valence electrons. The normalized spacial score (nSPS) is 12.7. The molecule has 0 fully saturated rings. The topological polar surface area (TPSA) is 99.2 Å². The predicted molar refractivity (Wildman–Crippen MR) is 80.0 cm³/mol. The van der Waals surface area contributed by atoms with Gasteiger partial charge in [0, 0.05) is 0 Å². The molecule has 0 aromatic carbocycles. The first kappa shape index (κ1) is 20.6. The molecule has 0 aromatic rings. The van der Waals surface area contributed by atoms with Crippen LogP contribution >= 0.6 is 0 Å². The summed E-state index contributed by atoms with van der Waals surface area (Å²) in [6.45, 7) is 9.18. The molecule has 0 rings (SSSR count). The van der Waals surface area contributed by atoms with Crippen LogP contribution in [0.25, 0.3) is 0 Å². The van der Waals surface area contributed by atoms with Crippen molar-refractivity contribution in [3.63, 3.8) is 0 Å². The van der Waals surface area contributed by atoms with E-state index >= 15 is 0 Å². The zero-order valence-electron chi connectivity index (χ0n) is 14.1. The van der Waals surface area contributed by atoms with Gasteiger partial charge in [0.25, 0.3) is 10.1 Å². The molecule has 0 heterocycles. The minimum absolute atomic E-state index is 0.309. The second-order valence-electron chi connectivity index (χ2n) is 6.64. The monoisotopic (exact) mass is 339 g/mol. The van der Waals surface area contributed by atoms with Crippen molar-refractivity contribution < 1.29 is 31.7 Å². The fourth-order valence-corrected chi connectivity index (χ4v) is 1.55. The van der Waals surface area contributed by atoms with E-state index in [4.69, 9.17) is 9.47 Å². The largest absolute Gasteiger partial charge is 0.443 e. The molecule has 0 saturated carbocycles. The van der Waals surface area contributed by atoms with E-state index in [2.05, 4.69) is 4.18 Å². The molecule has 0 saturated heterocycles. The summed E-state index contributed by atoms with van der Waals surface area (Å²) in [5.74, 6) is 0. The number of imide groups is 1. The van der Waals surface area contributed by atoms with Crippen molar-refractivity contribution in [2.24, 2.45) is 0 Å². The highest BCUT2D eigenvalue weighted by Gasteiger charge is 2.31. The Bertz CT molecular complexity index is 471. The third kappa shape index (κ3) is 10.4. The van der Waals surface area contributed by atoms with Crippen LogP contribution in [0, 0.1) is 0 Å². The van der Waals surface area contributed by atoms with Gasteiger partial charge in [-0.25, -0.2) is 14.5 Å². The Morgan fingerprint density at radius 2 is 1.27 bits per heavy atom. The molecular weight excluding hydrogens is 314 g/mol. The summed E-state index contributed by atoms with van der Waals surface area (Å²) in [6, 6.07) is 0. The molecule has 2 amide bonds. The molecule has 22 heavy (non-hydrogen) atoms. The number of amides is 2. The van der Waals surface area contributed by atoms with Crippen molar-refractivity contribution >= 4 is 22.3 Å². The van der Waals surface area contributed by atoms with Crippen molar-refractivity contribution in [3.05, 3.63) is 0 Å². The van der Waals surface area contributed by atoms with Crippen LogP contribution in [0.5, 0.6) is 0 Å². The van der Waals surface area contributed by atoms with Crippen LogP contribution in [0.15, 0.2) is 0 Å². The third-order valence-electron chi connectivity index (χ3n) is 1.84. The molecule has 0 atom stereocenters. The lowest BCUT2D eigenvalue weighted by molar-refractivity contribution is -0.000616. The van der Waals surface area contributed by atoms with E-state index < -0.39 is 33.5 Å². The Labute approximate surface area is 131 Å². The van der Waals surface area contributed by atoms with Gasteiger partial charge in [-0.3, -0.25) is 4.18 Å². The van der Waals surface area contributed by atoms with E-state index in [0.29, 0.717) is 4.90 Å². The van der Waals surface area contributed by atoms with Gasteiger partial charge in [-0.2, -0.15) is 8.42 Å². The summed E-state index contributed by atoms with van der Waals surface area (Å²) in [6.07, 6.45) is -0.990. The summed E-state index contributed by atoms with van der Waals surface area (Å²) in [7, 11) is -3.67. The number of nitrogens with zero attached hydrogens (tertiary/aromatic N) is 1. The minimum atomic E-state index is -3.67. The molecule has 0 unspecified atom stereocenters. The summed E-state index contributed by atoms with van der Waals surface area (Å²) in [4.78, 5) is 24.7. The Kier molecular flexibility index (Phi) is 6.83. The second kappa shape index (κ2) is 7.28. The number of carbonyl (C=O) groups excluding carboxylic acids is 2. The van der Waals surface area contributed by atoms with Crippen molar-refractivity contribution in [1.29, 1.82) is 0 Å². The van der Waals surface area contributed by atoms with Crippen molar-refractivity contribution in [2.45, 2.75) is 52.7 Å². The molecule has 0 N–H and O–H groups in total. The summed E-state index contributed by atoms with van der Waals surface area (Å²) in [5, 5.41) is 0. The van der Waals surface area contributed by atoms with E-state index in [1.807, 2.05) is 0 Å². The molecular formula is C13H25NO7S. The number of hydrogen-bond donors (Lipinski definition) is 0. The Morgan fingerprint density at radius 1 is 0.909 bits per heavy atom. The molecule has 0 spiro atoms. The molecule has 0 bridgehead atoms. The quantitative estimate of drug-likeness (QED) is 0.723. The van der Waals surface area contributed by atoms with Crippen LogP contribution in [0.1, 0.15) is 41.5 Å². The first-order chi connectivity index (χ1) is 9.61. The van der Waals surface area contributed by atoms with Crippen LogP contribution in [0.3, 0.4) is 0 Å². The van der Waals surface area contributed by atoms with Crippen LogP contribution in [0.4, 0.5) is 9.59 Å². The highest BCUT2D eigenvalue weighted by Crippen LogP contribution is 2.14. The molecule has 8 nitrogen and oxygen atoms in total. The highest BCUT2D eigenvalue weighted by atomic mass is 32.2. The number of carbonyl (C=O) groups is 2. The van der Waals surface area contributed by atoms with Gasteiger partial charge < -0.3 is 9.47 Å². The van der Waals surface area contributed by atoms with Gasteiger partial charge in [-0.15, -0.1) is 0 Å². The van der Waals surface area contributed by atoms with Crippen LogP contribution < -0.4 is 0 Å². The predicted octanol–water partition coefficient (Wildman–Crippen LogP) is 2.13. The number of hydrogen-bond acceptors (Lipinski definition) is 7. The average molecular weight is 339 g/mol. The molecule has 0 aliphatic carbocycles. The van der Waals surface area contributed by atoms with Crippen molar-refractivity contribution in [3.8, 4) is 0 Å². The summed E-state index contributed by atoms with van der Waals surface area (Å²) in [5.41, 5.74) is -1.62. The Hall–Kier alpha value is -1.35. The van der Waals surface area contributed by atoms with Gasteiger partial charge in [-0.1, -0.05) is 0 Å². The maximum absolute atomic E-state index is 12.0. The zero-order chi connectivity index (χ0) is 17.8. The lowest BCUT2D eigenvalue weighted by atomic mass is 10.2. The molecule has 0 radical (unpaired) electrons. The van der Waals surface area contributed by atoms with E-state index in [-0.39, 0.29) is 13.2 Å². The van der Waals surface area contributed by atoms with E-state index in [0.717, 1.165) is 6.26 Å². The lowest BCUT2D eigenvalue weighted by Crippen LogP contribution is -2.45. The van der Waals surface area contributed by atoms with Gasteiger partial charge in [0.05, 0.1) is 19.4 Å². The van der Waals surface area contributed by atoms with Crippen molar-refractivity contribution in [2.75, 3.05) is 19.4 Å². The SMILES string of the molecule is CC(C)(C)OC(=O)N(CCOS(C)(=O)=O)C(=O)OC(C)(C)C. The zero-order valence-corrected chi connectivity index (χ0v) is 14.9. The maximum Gasteiger partial charge on any atom is 0.419 e. The summed E-state index contributed by atoms with van der Waals surface area (Å²) >= 11 is 0. The van der Waals surface area contributed by atoms with Crippen molar-refractivity contribution in [1.82, 2.24) is 4.90 Å². The van der Waals surface area contributed by atoms with Gasteiger partial charge >= 0.3 is 12.2 Å². The molecule has 0 aromatic heterocycles. The third-order valence-corrected chi connectivity index (χ3v) is 2.43. The van der Waals surface area contributed by atoms with Gasteiger partial charge in [0.1, 0.15) is 11.2 Å². The first-order valence-corrected chi connectivity index (χ1v) is 8.50. The van der Waals surface area contributed by atoms with Crippen LogP contribution in [-0.4, -0.2) is 56.1 Å². The fraction of sp³-hybridized carbons (Fsp3) is 0.846. The second-order valence-corrected chi connectivity index (χ2v) is 8.28. The molecule has 9 heteroatoms. The van der Waals surface area contributed by atoms with Gasteiger partial charge in [-0.05, 0) is 41.5 Å². The molecule has 0 aliphatic heterocycles. The average Bonchev–Trinajstić information content (AvgIpc) is 2.16. The lowest BCUT2D eigenvalue weighted by Gasteiger charge is -2.28. The van der Waals surface area contributed by atoms with Crippen LogP contribution in [-0.2, 0) is 23.8 Å². The van der Waals surface area contributed by atoms with Gasteiger partial charge in [0.2, 0.25) is 0 Å². The standard InChI is InChI=1S/C13H25NO7S/c1-12(2,3)20-10(15)14(8-9-19-22(7,17)18)11(16)21-13(4,5)6/h8-9H2,1-7H3. The minimum Gasteiger partial charge on any atom is -0.443 e. The Balaban J connectivity index is 4.98. The van der Waals surface area contributed by atoms with E-state index in [1.54, 1.807) is 41.5 Å². The maximum atomic E-state index is 12.0. The highest BCUT2D eigenvalue weighted by molar-refractivity contribution is 7.85. The summed E-state index contributed by atoms with van der Waals surface area (Å²) < 4.78 is 36.6. The first-order valence-electron chi connectivity index (χ1n) is 6.69. The Morgan fingerprint density at radius 3 is 1.55 bits per heavy atom. The molecule has 0 aliphatic rings. The van der Waals surface area contributed by atoms with E-state index in [1.165, 1.54) is 0 Å². The number of ether oxygens (including phenoxy) is 2. The fourth-order valence-electron chi connectivity index (χ4n) is 1.17. The van der Waals surface area contributed by atoms with Gasteiger partial charge in [0.15, 0.2) is 0 Å². The van der Waals surface area contributed by atoms with E-state index in [9.17, 15) is 18.0 Å².